The maximum absolute atomic E-state index is 6.33. The summed E-state index contributed by atoms with van der Waals surface area (Å²) in [6.45, 7) is 2.75. The molecule has 1 heterocycles. The normalized spacial score (nSPS) is 11.1. The number of hydrogen-bond acceptors (Lipinski definition) is 1. The van der Waals surface area contributed by atoms with E-state index in [1.165, 1.54) is 5.56 Å². The highest BCUT2D eigenvalue weighted by Gasteiger charge is 2.10. The maximum atomic E-state index is 6.33. The molecule has 0 aliphatic heterocycles. The summed E-state index contributed by atoms with van der Waals surface area (Å²) in [5.41, 5.74) is 9.04. The first-order valence-corrected chi connectivity index (χ1v) is 5.63. The van der Waals surface area contributed by atoms with Gasteiger partial charge in [0.2, 0.25) is 0 Å². The zero-order valence-electron chi connectivity index (χ0n) is 8.81. The van der Waals surface area contributed by atoms with Crippen molar-refractivity contribution < 1.29 is 0 Å². The molecule has 0 saturated carbocycles. The number of nitrogens with one attached hydrogen (secondary N) is 1. The van der Waals surface area contributed by atoms with Gasteiger partial charge in [0, 0.05) is 16.6 Å². The van der Waals surface area contributed by atoms with Crippen molar-refractivity contribution >= 4 is 22.5 Å². The Bertz CT molecular complexity index is 474. The molecule has 0 aliphatic rings. The van der Waals surface area contributed by atoms with Crippen LogP contribution in [0, 0.1) is 0 Å². The largest absolute Gasteiger partial charge is 0.357 e. The molecule has 2 rings (SSSR count). The molecule has 0 spiro atoms. The number of H-pyrrole nitrogens is 1. The van der Waals surface area contributed by atoms with Crippen LogP contribution in [0.15, 0.2) is 18.2 Å². The number of rotatable bonds is 3. The Morgan fingerprint density at radius 1 is 1.40 bits per heavy atom. The van der Waals surface area contributed by atoms with E-state index in [1.54, 1.807) is 0 Å². The minimum atomic E-state index is 0.655. The van der Waals surface area contributed by atoms with E-state index < -0.39 is 0 Å². The lowest BCUT2D eigenvalue weighted by atomic mass is 10.1. The van der Waals surface area contributed by atoms with Crippen LogP contribution in [0.3, 0.4) is 0 Å². The molecule has 0 radical (unpaired) electrons. The average Bonchev–Trinajstić information content (AvgIpc) is 2.57. The molecular weight excluding hydrogens is 208 g/mol. The van der Waals surface area contributed by atoms with Gasteiger partial charge in [0.05, 0.1) is 5.02 Å². The second-order valence-electron chi connectivity index (χ2n) is 3.65. The Morgan fingerprint density at radius 2 is 2.20 bits per heavy atom. The predicted molar refractivity (Wildman–Crippen MR) is 65.4 cm³/mol. The van der Waals surface area contributed by atoms with Crippen LogP contribution in [0.25, 0.3) is 10.9 Å². The average molecular weight is 223 g/mol. The third kappa shape index (κ3) is 1.75. The first-order chi connectivity index (χ1) is 7.27. The van der Waals surface area contributed by atoms with Crippen LogP contribution in [0.2, 0.25) is 5.02 Å². The first kappa shape index (κ1) is 10.5. The third-order valence-corrected chi connectivity index (χ3v) is 3.11. The molecule has 80 valence electrons. The zero-order chi connectivity index (χ0) is 10.8. The molecule has 0 amide bonds. The van der Waals surface area contributed by atoms with E-state index >= 15 is 0 Å². The fourth-order valence-corrected chi connectivity index (χ4v) is 2.34. The van der Waals surface area contributed by atoms with E-state index in [-0.39, 0.29) is 0 Å². The summed E-state index contributed by atoms with van der Waals surface area (Å²) in [7, 11) is 0. The summed E-state index contributed by atoms with van der Waals surface area (Å²) in [5, 5.41) is 2.00. The second kappa shape index (κ2) is 4.25. The molecule has 0 atom stereocenters. The summed E-state index contributed by atoms with van der Waals surface area (Å²) in [6.07, 6.45) is 1.80. The minimum absolute atomic E-state index is 0.655. The Kier molecular flexibility index (Phi) is 2.98. The van der Waals surface area contributed by atoms with Gasteiger partial charge in [-0.3, -0.25) is 0 Å². The van der Waals surface area contributed by atoms with Gasteiger partial charge in [0.25, 0.3) is 0 Å². The molecule has 0 unspecified atom stereocenters. The number of halogens is 1. The monoisotopic (exact) mass is 222 g/mol. The van der Waals surface area contributed by atoms with E-state index in [1.807, 2.05) is 6.07 Å². The van der Waals surface area contributed by atoms with E-state index in [2.05, 4.69) is 24.0 Å². The summed E-state index contributed by atoms with van der Waals surface area (Å²) in [4.78, 5) is 3.34. The lowest BCUT2D eigenvalue weighted by molar-refractivity contribution is 0.977. The Balaban J connectivity index is 2.67. The van der Waals surface area contributed by atoms with Crippen molar-refractivity contribution in [3.05, 3.63) is 34.5 Å². The van der Waals surface area contributed by atoms with Gasteiger partial charge in [-0.05, 0) is 31.0 Å². The number of hydrogen-bond donors (Lipinski definition) is 2. The molecule has 3 heteroatoms. The lowest BCUT2D eigenvalue weighted by Gasteiger charge is -2.01. The Labute approximate surface area is 94.4 Å². The molecule has 0 aliphatic carbocycles. The van der Waals surface area contributed by atoms with Crippen molar-refractivity contribution in [2.75, 3.05) is 6.54 Å². The quantitative estimate of drug-likeness (QED) is 0.824. The highest BCUT2D eigenvalue weighted by atomic mass is 35.5. The molecule has 0 fully saturated rings. The highest BCUT2D eigenvalue weighted by Crippen LogP contribution is 2.30. The van der Waals surface area contributed by atoms with Crippen molar-refractivity contribution in [1.82, 2.24) is 4.98 Å². The molecule has 1 aromatic heterocycles. The number of aromatic nitrogens is 1. The molecule has 3 N–H and O–H groups in total. The number of aromatic amines is 1. The van der Waals surface area contributed by atoms with Gasteiger partial charge in [-0.1, -0.05) is 30.7 Å². The molecule has 2 nitrogen and oxygen atoms in total. The van der Waals surface area contributed by atoms with Gasteiger partial charge >= 0.3 is 0 Å². The van der Waals surface area contributed by atoms with Crippen molar-refractivity contribution in [1.29, 1.82) is 0 Å². The highest BCUT2D eigenvalue weighted by molar-refractivity contribution is 6.36. The molecule has 2 aromatic rings. The van der Waals surface area contributed by atoms with Crippen LogP contribution < -0.4 is 5.73 Å². The van der Waals surface area contributed by atoms with Gasteiger partial charge in [-0.15, -0.1) is 0 Å². The van der Waals surface area contributed by atoms with Gasteiger partial charge in [-0.25, -0.2) is 0 Å². The smallest absolute Gasteiger partial charge is 0.0694 e. The lowest BCUT2D eigenvalue weighted by Crippen LogP contribution is -2.02. The van der Waals surface area contributed by atoms with E-state index in [0.29, 0.717) is 6.54 Å². The van der Waals surface area contributed by atoms with Crippen LogP contribution in [0.1, 0.15) is 18.2 Å². The summed E-state index contributed by atoms with van der Waals surface area (Å²) >= 11 is 6.33. The fraction of sp³-hybridized carbons (Fsp3) is 0.333. The van der Waals surface area contributed by atoms with Gasteiger partial charge < -0.3 is 10.7 Å². The Hall–Kier alpha value is -0.990. The summed E-state index contributed by atoms with van der Waals surface area (Å²) in [6, 6.07) is 6.19. The Morgan fingerprint density at radius 3 is 2.87 bits per heavy atom. The molecule has 1 aromatic carbocycles. The van der Waals surface area contributed by atoms with Crippen molar-refractivity contribution in [2.45, 2.75) is 19.8 Å². The number of fused-ring (bicyclic) bond motifs is 1. The van der Waals surface area contributed by atoms with Crippen LogP contribution >= 0.6 is 11.6 Å². The van der Waals surface area contributed by atoms with Gasteiger partial charge in [0.1, 0.15) is 0 Å². The minimum Gasteiger partial charge on any atom is -0.357 e. The molecular formula is C12H15ClN2. The van der Waals surface area contributed by atoms with Crippen LogP contribution in [-0.2, 0) is 12.8 Å². The van der Waals surface area contributed by atoms with Crippen LogP contribution in [-0.4, -0.2) is 11.5 Å². The molecule has 0 saturated heterocycles. The number of aryl methyl sites for hydroxylation is 1. The molecule has 15 heavy (non-hydrogen) atoms. The van der Waals surface area contributed by atoms with Gasteiger partial charge in [-0.2, -0.15) is 0 Å². The zero-order valence-corrected chi connectivity index (χ0v) is 9.56. The summed E-state index contributed by atoms with van der Waals surface area (Å²) in [5.74, 6) is 0. The van der Waals surface area contributed by atoms with Crippen LogP contribution in [0.5, 0.6) is 0 Å². The van der Waals surface area contributed by atoms with E-state index in [0.717, 1.165) is 34.5 Å². The van der Waals surface area contributed by atoms with Crippen molar-refractivity contribution in [2.24, 2.45) is 5.73 Å². The predicted octanol–water partition coefficient (Wildman–Crippen LogP) is 2.88. The summed E-state index contributed by atoms with van der Waals surface area (Å²) < 4.78 is 0. The fourth-order valence-electron chi connectivity index (χ4n) is 1.94. The van der Waals surface area contributed by atoms with Crippen molar-refractivity contribution in [3.8, 4) is 0 Å². The third-order valence-electron chi connectivity index (χ3n) is 2.69. The topological polar surface area (TPSA) is 41.8 Å². The van der Waals surface area contributed by atoms with Gasteiger partial charge in [0.15, 0.2) is 0 Å². The number of nitrogens with two attached hydrogens (primary N) is 1. The first-order valence-electron chi connectivity index (χ1n) is 5.26. The van der Waals surface area contributed by atoms with E-state index in [4.69, 9.17) is 17.3 Å². The maximum Gasteiger partial charge on any atom is 0.0694 e. The van der Waals surface area contributed by atoms with E-state index in [9.17, 15) is 0 Å². The SMILES string of the molecule is CCc1[nH]c2cccc(CCN)c2c1Cl. The number of benzene rings is 1. The van der Waals surface area contributed by atoms with Crippen molar-refractivity contribution in [3.63, 3.8) is 0 Å². The van der Waals surface area contributed by atoms with Crippen LogP contribution in [0.4, 0.5) is 0 Å². The second-order valence-corrected chi connectivity index (χ2v) is 4.03. The molecule has 0 bridgehead atoms. The standard InChI is InChI=1S/C12H15ClN2/c1-2-9-12(13)11-8(6-7-14)4-3-5-10(11)15-9/h3-5,15H,2,6-7,14H2,1H3.